The molecular weight excluding hydrogens is 562 g/mol. The summed E-state index contributed by atoms with van der Waals surface area (Å²) in [7, 11) is 0. The van der Waals surface area contributed by atoms with E-state index in [1.807, 2.05) is 42.5 Å². The molecule has 4 heteroatoms. The minimum absolute atomic E-state index is 0.105. The van der Waals surface area contributed by atoms with E-state index in [9.17, 15) is 0 Å². The molecule has 4 nitrogen and oxygen atoms in total. The van der Waals surface area contributed by atoms with Crippen LogP contribution in [0.3, 0.4) is 0 Å². The van der Waals surface area contributed by atoms with Crippen molar-refractivity contribution in [2.24, 2.45) is 0 Å². The fourth-order valence-corrected chi connectivity index (χ4v) is 6.95. The van der Waals surface area contributed by atoms with Gasteiger partial charge in [0.2, 0.25) is 0 Å². The van der Waals surface area contributed by atoms with E-state index in [1.165, 1.54) is 27.8 Å². The number of hydrogen-bond donors (Lipinski definition) is 0. The number of para-hydroxylation sites is 1. The van der Waals surface area contributed by atoms with Crippen LogP contribution in [0.2, 0.25) is 0 Å². The van der Waals surface area contributed by atoms with Crippen LogP contribution < -0.4 is 0 Å². The van der Waals surface area contributed by atoms with Gasteiger partial charge in [0.05, 0.1) is 5.56 Å². The van der Waals surface area contributed by atoms with E-state index in [1.54, 1.807) is 0 Å². The van der Waals surface area contributed by atoms with Gasteiger partial charge in [-0.2, -0.15) is 0 Å². The molecule has 9 rings (SSSR count). The Balaban J connectivity index is 1.22. The van der Waals surface area contributed by atoms with E-state index in [0.29, 0.717) is 17.5 Å². The van der Waals surface area contributed by atoms with E-state index in [0.717, 1.165) is 44.2 Å². The smallest absolute Gasteiger partial charge is 0.167 e. The summed E-state index contributed by atoms with van der Waals surface area (Å²) in [6.45, 7) is 4.59. The maximum absolute atomic E-state index is 6.71. The Morgan fingerprint density at radius 2 is 1.00 bits per heavy atom. The highest BCUT2D eigenvalue weighted by atomic mass is 16.3. The van der Waals surface area contributed by atoms with E-state index < -0.39 is 0 Å². The molecule has 0 atom stereocenters. The maximum Gasteiger partial charge on any atom is 0.167 e. The summed E-state index contributed by atoms with van der Waals surface area (Å²) in [4.78, 5) is 15.0. The number of hydrogen-bond acceptors (Lipinski definition) is 4. The van der Waals surface area contributed by atoms with Gasteiger partial charge in [-0.1, -0.05) is 135 Å². The van der Waals surface area contributed by atoms with E-state index >= 15 is 0 Å². The Hall–Kier alpha value is -5.87. The van der Waals surface area contributed by atoms with Crippen molar-refractivity contribution < 1.29 is 4.42 Å². The highest BCUT2D eigenvalue weighted by Gasteiger charge is 2.36. The van der Waals surface area contributed by atoms with Crippen LogP contribution in [0.25, 0.3) is 78.4 Å². The second-order valence-electron chi connectivity index (χ2n) is 12.5. The van der Waals surface area contributed by atoms with Gasteiger partial charge in [0.1, 0.15) is 11.2 Å². The second-order valence-corrected chi connectivity index (χ2v) is 12.5. The first-order valence-electron chi connectivity index (χ1n) is 15.6. The quantitative estimate of drug-likeness (QED) is 0.204. The Bertz CT molecular complexity index is 2430. The van der Waals surface area contributed by atoms with Gasteiger partial charge in [0.15, 0.2) is 17.5 Å². The van der Waals surface area contributed by atoms with Gasteiger partial charge >= 0.3 is 0 Å². The molecule has 0 saturated carbocycles. The number of furan rings is 1. The number of benzene rings is 6. The lowest BCUT2D eigenvalue weighted by molar-refractivity contribution is 0.647. The molecule has 0 saturated heterocycles. The summed E-state index contributed by atoms with van der Waals surface area (Å²) < 4.78 is 6.71. The van der Waals surface area contributed by atoms with Gasteiger partial charge in [-0.25, -0.2) is 15.0 Å². The molecule has 1 aliphatic carbocycles. The molecule has 2 heterocycles. The zero-order valence-corrected chi connectivity index (χ0v) is 25.5. The van der Waals surface area contributed by atoms with Crippen molar-refractivity contribution in [1.82, 2.24) is 15.0 Å². The Morgan fingerprint density at radius 3 is 1.74 bits per heavy atom. The molecule has 0 N–H and O–H groups in total. The van der Waals surface area contributed by atoms with Crippen LogP contribution in [0.4, 0.5) is 0 Å². The molecule has 0 radical (unpaired) electrons. The Labute approximate surface area is 267 Å². The monoisotopic (exact) mass is 591 g/mol. The van der Waals surface area contributed by atoms with E-state index in [-0.39, 0.29) is 5.41 Å². The summed E-state index contributed by atoms with van der Waals surface area (Å²) in [6.07, 6.45) is 0. The molecule has 0 spiro atoms. The third kappa shape index (κ3) is 4.11. The van der Waals surface area contributed by atoms with Crippen molar-refractivity contribution in [2.75, 3.05) is 0 Å². The molecule has 218 valence electrons. The first-order valence-corrected chi connectivity index (χ1v) is 15.6. The molecule has 6 aromatic carbocycles. The minimum Gasteiger partial charge on any atom is -0.455 e. The molecule has 2 aromatic heterocycles. The van der Waals surface area contributed by atoms with Crippen molar-refractivity contribution in [3.05, 3.63) is 151 Å². The van der Waals surface area contributed by atoms with Crippen molar-refractivity contribution in [1.29, 1.82) is 0 Å². The molecule has 0 unspecified atom stereocenters. The molecule has 0 amide bonds. The van der Waals surface area contributed by atoms with Crippen LogP contribution in [0.1, 0.15) is 25.0 Å². The summed E-state index contributed by atoms with van der Waals surface area (Å²) >= 11 is 0. The summed E-state index contributed by atoms with van der Waals surface area (Å²) in [6, 6.07) is 48.4. The zero-order chi connectivity index (χ0) is 30.8. The molecule has 0 fully saturated rings. The largest absolute Gasteiger partial charge is 0.455 e. The summed E-state index contributed by atoms with van der Waals surface area (Å²) in [5, 5.41) is 2.14. The van der Waals surface area contributed by atoms with Crippen LogP contribution in [-0.2, 0) is 5.41 Å². The third-order valence-electron chi connectivity index (χ3n) is 9.36. The summed E-state index contributed by atoms with van der Waals surface area (Å²) in [5.74, 6) is 1.82. The van der Waals surface area contributed by atoms with Crippen molar-refractivity contribution in [3.63, 3.8) is 0 Å². The van der Waals surface area contributed by atoms with Gasteiger partial charge in [0, 0.05) is 27.3 Å². The average Bonchev–Trinajstić information content (AvgIpc) is 3.59. The van der Waals surface area contributed by atoms with Crippen LogP contribution in [0.5, 0.6) is 0 Å². The number of nitrogens with zero attached hydrogens (tertiary/aromatic N) is 3. The number of aromatic nitrogens is 3. The van der Waals surface area contributed by atoms with Crippen LogP contribution in [0, 0.1) is 0 Å². The lowest BCUT2D eigenvalue weighted by Gasteiger charge is -2.21. The topological polar surface area (TPSA) is 51.8 Å². The normalized spacial score (nSPS) is 13.2. The van der Waals surface area contributed by atoms with Gasteiger partial charge in [-0.05, 0) is 51.6 Å². The van der Waals surface area contributed by atoms with Crippen molar-refractivity contribution in [2.45, 2.75) is 19.3 Å². The van der Waals surface area contributed by atoms with E-state index in [4.69, 9.17) is 19.4 Å². The Morgan fingerprint density at radius 1 is 0.435 bits per heavy atom. The lowest BCUT2D eigenvalue weighted by Crippen LogP contribution is -2.14. The van der Waals surface area contributed by atoms with Gasteiger partial charge < -0.3 is 4.42 Å². The predicted octanol–water partition coefficient (Wildman–Crippen LogP) is 10.7. The zero-order valence-electron chi connectivity index (χ0n) is 25.5. The predicted molar refractivity (Wildman–Crippen MR) is 186 cm³/mol. The first-order chi connectivity index (χ1) is 22.5. The van der Waals surface area contributed by atoms with Crippen molar-refractivity contribution >= 4 is 21.9 Å². The number of rotatable bonds is 4. The van der Waals surface area contributed by atoms with Crippen LogP contribution in [0.15, 0.2) is 144 Å². The van der Waals surface area contributed by atoms with Gasteiger partial charge in [-0.15, -0.1) is 0 Å². The maximum atomic E-state index is 6.71. The average molecular weight is 592 g/mol. The SMILES string of the molecule is CC1(C)c2ccccc2-c2cc3c(cc21)oc1c(-c2nc(-c4ccccc4)nc(-c4ccc(-c5ccccc5)cc4)n2)cccc13. The fraction of sp³-hybridized carbons (Fsp3) is 0.0714. The third-order valence-corrected chi connectivity index (χ3v) is 9.36. The molecule has 1 aliphatic rings. The van der Waals surface area contributed by atoms with Crippen LogP contribution in [-0.4, -0.2) is 15.0 Å². The molecular formula is C42H29N3O. The molecule has 0 aliphatic heterocycles. The molecule has 8 aromatic rings. The van der Waals surface area contributed by atoms with Gasteiger partial charge in [0.25, 0.3) is 0 Å². The van der Waals surface area contributed by atoms with Gasteiger partial charge in [-0.3, -0.25) is 0 Å². The molecule has 46 heavy (non-hydrogen) atoms. The van der Waals surface area contributed by atoms with Crippen LogP contribution >= 0.6 is 0 Å². The minimum atomic E-state index is -0.105. The first kappa shape index (κ1) is 26.5. The second kappa shape index (κ2) is 10.1. The molecule has 0 bridgehead atoms. The summed E-state index contributed by atoms with van der Waals surface area (Å²) in [5.41, 5.74) is 11.8. The Kier molecular flexibility index (Phi) is 5.81. The van der Waals surface area contributed by atoms with Crippen molar-refractivity contribution in [3.8, 4) is 56.4 Å². The highest BCUT2D eigenvalue weighted by Crippen LogP contribution is 2.51. The standard InChI is InChI=1S/C42H29N3O/c1-42(2)35-19-10-9-16-30(35)33-24-34-31-17-11-18-32(38(31)46-37(34)25-36(33)42)41-44-39(28-14-7-4-8-15-28)43-40(45-41)29-22-20-27(21-23-29)26-12-5-3-6-13-26/h3-25H,1-2H3. The number of fused-ring (bicyclic) bond motifs is 6. The highest BCUT2D eigenvalue weighted by molar-refractivity contribution is 6.11. The fourth-order valence-electron chi connectivity index (χ4n) is 6.95. The lowest BCUT2D eigenvalue weighted by atomic mass is 9.82. The van der Waals surface area contributed by atoms with E-state index in [2.05, 4.69) is 111 Å².